The molecule has 1 heterocycles. The molecule has 4 aromatic carbocycles. The average Bonchev–Trinajstić information content (AvgIpc) is 3.97. The van der Waals surface area contributed by atoms with E-state index >= 15 is 0 Å². The van der Waals surface area contributed by atoms with Gasteiger partial charge in [-0.3, -0.25) is 0 Å². The highest BCUT2D eigenvalue weighted by Crippen LogP contribution is 2.48. The molecule has 4 unspecified atom stereocenters. The topological polar surface area (TPSA) is 51.2 Å². The lowest BCUT2D eigenvalue weighted by Crippen LogP contribution is -2.21. The van der Waals surface area contributed by atoms with E-state index in [9.17, 15) is 5.11 Å². The maximum Gasteiger partial charge on any atom is 0.134 e. The van der Waals surface area contributed by atoms with Crippen LogP contribution >= 0.6 is 94.1 Å². The molecule has 1 N–H and O–H groups in total. The van der Waals surface area contributed by atoms with E-state index in [1.807, 2.05) is 70.9 Å². The molecule has 12 heteroatoms. The van der Waals surface area contributed by atoms with Crippen LogP contribution in [0.25, 0.3) is 0 Å². The molecular formula is C43H54O4S8. The second-order valence-corrected chi connectivity index (χ2v) is 21.3. The number of aliphatic hydroxyl groups excluding tert-OH is 1. The number of ether oxygens (including phenoxy) is 3. The largest absolute Gasteiger partial charge is 0.491 e. The minimum atomic E-state index is -0.524. The lowest BCUT2D eigenvalue weighted by atomic mass is 9.78. The fourth-order valence-electron chi connectivity index (χ4n) is 6.31. The van der Waals surface area contributed by atoms with Crippen molar-refractivity contribution in [3.05, 3.63) is 95.1 Å². The summed E-state index contributed by atoms with van der Waals surface area (Å²) in [5.74, 6) is 3.24. The Morgan fingerprint density at radius 3 is 1.67 bits per heavy atom. The molecule has 1 aliphatic heterocycles. The maximum absolute atomic E-state index is 10.7. The number of aliphatic hydroxyl groups is 1. The second kappa shape index (κ2) is 22.0. The summed E-state index contributed by atoms with van der Waals surface area (Å²) in [4.78, 5) is 8.04. The van der Waals surface area contributed by atoms with E-state index in [1.165, 1.54) is 51.6 Å². The minimum absolute atomic E-state index is 0.0972. The van der Waals surface area contributed by atoms with Gasteiger partial charge >= 0.3 is 0 Å². The number of benzene rings is 4. The third kappa shape index (κ3) is 12.4. The fourth-order valence-corrected chi connectivity index (χ4v) is 12.9. The second-order valence-electron chi connectivity index (χ2n) is 13.6. The first-order chi connectivity index (χ1) is 26.5. The predicted octanol–water partition coefficient (Wildman–Crippen LogP) is 12.7. The fraction of sp³-hybridized carbons (Fsp3) is 0.442. The summed E-state index contributed by atoms with van der Waals surface area (Å²) in [5.41, 5.74) is 5.18. The lowest BCUT2D eigenvalue weighted by Gasteiger charge is -2.26. The van der Waals surface area contributed by atoms with Gasteiger partial charge in [0.25, 0.3) is 0 Å². The van der Waals surface area contributed by atoms with Crippen molar-refractivity contribution in [1.29, 1.82) is 0 Å². The number of hydrogen-bond acceptors (Lipinski definition) is 12. The summed E-state index contributed by atoms with van der Waals surface area (Å²) in [7, 11) is 0. The quantitative estimate of drug-likeness (QED) is 0.0464. The van der Waals surface area contributed by atoms with Crippen molar-refractivity contribution >= 4 is 94.1 Å². The van der Waals surface area contributed by atoms with Crippen LogP contribution < -0.4 is 9.47 Å². The third-order valence-electron chi connectivity index (χ3n) is 9.67. The van der Waals surface area contributed by atoms with Crippen LogP contribution in [0.1, 0.15) is 48.3 Å². The van der Waals surface area contributed by atoms with E-state index in [0.717, 1.165) is 23.7 Å². The van der Waals surface area contributed by atoms with Gasteiger partial charge in [-0.05, 0) is 127 Å². The Morgan fingerprint density at radius 1 is 0.691 bits per heavy atom. The zero-order valence-corrected chi connectivity index (χ0v) is 39.7. The highest BCUT2D eigenvalue weighted by Gasteiger charge is 2.42. The van der Waals surface area contributed by atoms with Gasteiger partial charge in [0, 0.05) is 45.8 Å². The number of rotatable bonds is 22. The molecule has 0 radical (unpaired) electrons. The molecule has 1 fully saturated rings. The number of epoxide rings is 1. The molecule has 4 nitrogen and oxygen atoms in total. The zero-order valence-electron chi connectivity index (χ0n) is 33.2. The smallest absolute Gasteiger partial charge is 0.134 e. The van der Waals surface area contributed by atoms with Gasteiger partial charge < -0.3 is 19.3 Å². The molecule has 1 saturated heterocycles. The van der Waals surface area contributed by atoms with E-state index in [2.05, 4.69) is 119 Å². The Bertz CT molecular complexity index is 1770. The van der Waals surface area contributed by atoms with Crippen molar-refractivity contribution in [2.24, 2.45) is 0 Å². The van der Waals surface area contributed by atoms with Gasteiger partial charge in [0.1, 0.15) is 36.3 Å². The van der Waals surface area contributed by atoms with E-state index in [0.29, 0.717) is 17.6 Å². The Morgan fingerprint density at radius 2 is 1.18 bits per heavy atom. The molecule has 1 aliphatic rings. The van der Waals surface area contributed by atoms with Crippen molar-refractivity contribution in [3.8, 4) is 11.5 Å². The SMILES string of the molecule is CSc1cc(SC)c(CCSCC(O)COc2ccc(C(C)(C)c3ccc(OCC4OC4SC(C)c4c(SC)cc(SC)cc4SC)cc3)cc2)c(SC)c1. The van der Waals surface area contributed by atoms with Crippen molar-refractivity contribution in [3.63, 3.8) is 0 Å². The van der Waals surface area contributed by atoms with Gasteiger partial charge in [0.15, 0.2) is 0 Å². The zero-order chi connectivity index (χ0) is 39.5. The van der Waals surface area contributed by atoms with Crippen LogP contribution in [0.5, 0.6) is 11.5 Å². The van der Waals surface area contributed by atoms with Crippen molar-refractivity contribution in [2.45, 2.75) is 84.9 Å². The van der Waals surface area contributed by atoms with Crippen LogP contribution in [0.2, 0.25) is 0 Å². The van der Waals surface area contributed by atoms with Crippen molar-refractivity contribution in [1.82, 2.24) is 0 Å². The summed E-state index contributed by atoms with van der Waals surface area (Å²) in [6, 6.07) is 25.9. The monoisotopic (exact) mass is 890 g/mol. The average molecular weight is 891 g/mol. The third-order valence-corrected chi connectivity index (χ3v) is 16.7. The summed E-state index contributed by atoms with van der Waals surface area (Å²) < 4.78 is 18.2. The van der Waals surface area contributed by atoms with Gasteiger partial charge in [-0.25, -0.2) is 0 Å². The molecule has 5 rings (SSSR count). The summed E-state index contributed by atoms with van der Waals surface area (Å²) in [6.45, 7) is 7.59. The standard InChI is InChI=1S/C43H54O4S8/c1-27(41-39(52-8)22-34(49-5)23-40(41)53-9)55-42-36(47-42)25-46-32-16-12-29(13-17-32)43(2,3)28-10-14-31(15-11-28)45-24-30(44)26-54-19-18-35-37(50-6)20-33(48-4)21-38(35)51-7/h10-17,20-23,27,30,36,42,44H,18-19,24-26H2,1-9H3. The molecule has 0 aromatic heterocycles. The Hall–Kier alpha value is -0.800. The van der Waals surface area contributed by atoms with Crippen LogP contribution in [0.3, 0.4) is 0 Å². The Kier molecular flexibility index (Phi) is 18.1. The molecular weight excluding hydrogens is 837 g/mol. The highest BCUT2D eigenvalue weighted by atomic mass is 32.2. The van der Waals surface area contributed by atoms with Gasteiger partial charge in [-0.1, -0.05) is 38.1 Å². The van der Waals surface area contributed by atoms with Gasteiger partial charge in [-0.15, -0.1) is 82.3 Å². The Labute approximate surface area is 364 Å². The molecule has 298 valence electrons. The van der Waals surface area contributed by atoms with Gasteiger partial charge in [-0.2, -0.15) is 11.8 Å². The molecule has 0 bridgehead atoms. The van der Waals surface area contributed by atoms with Crippen LogP contribution in [0.4, 0.5) is 0 Å². The first kappa shape index (κ1) is 45.3. The normalized spacial score (nSPS) is 16.5. The van der Waals surface area contributed by atoms with Crippen molar-refractivity contribution < 1.29 is 19.3 Å². The van der Waals surface area contributed by atoms with E-state index in [1.54, 1.807) is 35.3 Å². The molecule has 0 spiro atoms. The molecule has 55 heavy (non-hydrogen) atoms. The van der Waals surface area contributed by atoms with E-state index in [4.69, 9.17) is 14.2 Å². The summed E-state index contributed by atoms with van der Waals surface area (Å²) in [6.07, 6.45) is 13.5. The Balaban J connectivity index is 1.05. The first-order valence-electron chi connectivity index (χ1n) is 18.2. The molecule has 4 aromatic rings. The van der Waals surface area contributed by atoms with Crippen LogP contribution in [-0.4, -0.2) is 85.0 Å². The van der Waals surface area contributed by atoms with Gasteiger partial charge in [0.2, 0.25) is 0 Å². The highest BCUT2D eigenvalue weighted by molar-refractivity contribution is 8.01. The summed E-state index contributed by atoms with van der Waals surface area (Å²) in [5, 5.41) is 11.0. The minimum Gasteiger partial charge on any atom is -0.491 e. The maximum atomic E-state index is 10.7. The van der Waals surface area contributed by atoms with E-state index < -0.39 is 6.10 Å². The van der Waals surface area contributed by atoms with Gasteiger partial charge in [0.05, 0.1) is 6.10 Å². The van der Waals surface area contributed by atoms with Crippen LogP contribution in [-0.2, 0) is 16.6 Å². The number of thioether (sulfide) groups is 8. The molecule has 4 atom stereocenters. The van der Waals surface area contributed by atoms with Crippen LogP contribution in [0.15, 0.2) is 102 Å². The van der Waals surface area contributed by atoms with E-state index in [-0.39, 0.29) is 23.6 Å². The molecule has 0 aliphatic carbocycles. The summed E-state index contributed by atoms with van der Waals surface area (Å²) >= 11 is 14.5. The molecule has 0 saturated carbocycles. The molecule has 0 amide bonds. The van der Waals surface area contributed by atoms with Crippen LogP contribution in [0, 0.1) is 0 Å². The first-order valence-corrected chi connectivity index (χ1v) is 27.6. The number of hydrogen-bond donors (Lipinski definition) is 1. The predicted molar refractivity (Wildman–Crippen MR) is 251 cm³/mol. The lowest BCUT2D eigenvalue weighted by molar-refractivity contribution is 0.126. The van der Waals surface area contributed by atoms with Crippen molar-refractivity contribution in [2.75, 3.05) is 62.3 Å².